The van der Waals surface area contributed by atoms with E-state index in [1.165, 1.54) is 18.8 Å². The molecule has 12 nitrogen and oxygen atoms in total. The number of anilines is 3. The second-order valence-electron chi connectivity index (χ2n) is 7.38. The van der Waals surface area contributed by atoms with E-state index in [1.807, 2.05) is 4.90 Å². The number of hydrogen-bond donors (Lipinski definition) is 1. The number of alkyl halides is 2. The minimum atomic E-state index is -2.89. The van der Waals surface area contributed by atoms with Gasteiger partial charge >= 0.3 is 0 Å². The average molecular weight is 485 g/mol. The topological polar surface area (TPSA) is 125 Å². The van der Waals surface area contributed by atoms with Gasteiger partial charge in [-0.3, -0.25) is 4.57 Å². The van der Waals surface area contributed by atoms with Crippen molar-refractivity contribution in [3.63, 3.8) is 0 Å². The van der Waals surface area contributed by atoms with Gasteiger partial charge in [-0.05, 0) is 18.2 Å². The molecular weight excluding hydrogens is 464 g/mol. The zero-order chi connectivity index (χ0) is 24.4. The normalized spacial score (nSPS) is 13.9. The number of nitrogens with zero attached hydrogens (tertiary/aromatic N) is 8. The fraction of sp³-hybridized carbons (Fsp3) is 0.333. The van der Waals surface area contributed by atoms with Gasteiger partial charge in [0.05, 0.1) is 33.0 Å². The third-order valence-corrected chi connectivity index (χ3v) is 5.28. The van der Waals surface area contributed by atoms with Gasteiger partial charge in [-0.1, -0.05) is 6.07 Å². The van der Waals surface area contributed by atoms with Crippen molar-refractivity contribution in [2.75, 3.05) is 50.7 Å². The molecule has 3 aromatic heterocycles. The maximum atomic E-state index is 14.1. The number of rotatable bonds is 7. The first-order chi connectivity index (χ1) is 17.1. The predicted molar refractivity (Wildman–Crippen MR) is 121 cm³/mol. The maximum absolute atomic E-state index is 14.1. The summed E-state index contributed by atoms with van der Waals surface area (Å²) in [4.78, 5) is 19.4. The second kappa shape index (κ2) is 9.58. The Kier molecular flexibility index (Phi) is 6.18. The van der Waals surface area contributed by atoms with Crippen LogP contribution in [-0.4, -0.2) is 75.2 Å². The quantitative estimate of drug-likeness (QED) is 0.415. The smallest absolute Gasteiger partial charge is 0.296 e. The zero-order valence-corrected chi connectivity index (χ0v) is 18.9. The number of methoxy groups -OCH3 is 2. The highest BCUT2D eigenvalue weighted by atomic mass is 19.3. The average Bonchev–Trinajstić information content (AvgIpc) is 3.30. The Balaban J connectivity index is 1.65. The summed E-state index contributed by atoms with van der Waals surface area (Å²) in [7, 11) is 2.93. The number of halogens is 2. The number of benzene rings is 1. The van der Waals surface area contributed by atoms with Gasteiger partial charge in [-0.25, -0.2) is 13.8 Å². The van der Waals surface area contributed by atoms with E-state index >= 15 is 0 Å². The lowest BCUT2D eigenvalue weighted by atomic mass is 10.3. The van der Waals surface area contributed by atoms with Crippen LogP contribution in [0.25, 0.3) is 17.0 Å². The summed E-state index contributed by atoms with van der Waals surface area (Å²) in [5.74, 6) is 0.879. The molecule has 0 aliphatic carbocycles. The summed E-state index contributed by atoms with van der Waals surface area (Å²) in [5, 5.41) is 10.9. The number of aromatic nitrogens is 7. The first-order valence-corrected chi connectivity index (χ1v) is 10.6. The predicted octanol–water partition coefficient (Wildman–Crippen LogP) is 2.54. The van der Waals surface area contributed by atoms with Crippen molar-refractivity contribution in [2.24, 2.45) is 0 Å². The highest BCUT2D eigenvalue weighted by molar-refractivity contribution is 5.84. The SMILES string of the molecule is COc1ccc(Nc2nc(N3CCOCC3)nc(-n3c(C(F)F)nc4c(OC)cccc43)n2)nn1. The van der Waals surface area contributed by atoms with Crippen LogP contribution in [0, 0.1) is 0 Å². The molecule has 0 unspecified atom stereocenters. The van der Waals surface area contributed by atoms with Crippen molar-refractivity contribution in [3.8, 4) is 17.6 Å². The molecule has 0 spiro atoms. The number of fused-ring (bicyclic) bond motifs is 1. The lowest BCUT2D eigenvalue weighted by molar-refractivity contribution is 0.122. The van der Waals surface area contributed by atoms with Crippen LogP contribution in [0.4, 0.5) is 26.5 Å². The lowest BCUT2D eigenvalue weighted by Gasteiger charge is -2.27. The van der Waals surface area contributed by atoms with Crippen LogP contribution >= 0.6 is 0 Å². The molecule has 1 aromatic carbocycles. The third-order valence-electron chi connectivity index (χ3n) is 5.28. The summed E-state index contributed by atoms with van der Waals surface area (Å²) in [5.41, 5.74) is 0.642. The Morgan fingerprint density at radius 1 is 0.943 bits per heavy atom. The maximum Gasteiger partial charge on any atom is 0.296 e. The van der Waals surface area contributed by atoms with E-state index in [2.05, 4.69) is 35.5 Å². The fourth-order valence-electron chi connectivity index (χ4n) is 3.64. The Morgan fingerprint density at radius 2 is 1.74 bits per heavy atom. The Labute approximate surface area is 197 Å². The van der Waals surface area contributed by atoms with Crippen LogP contribution in [0.2, 0.25) is 0 Å². The van der Waals surface area contributed by atoms with Crippen LogP contribution in [0.15, 0.2) is 30.3 Å². The van der Waals surface area contributed by atoms with Crippen molar-refractivity contribution in [2.45, 2.75) is 6.43 Å². The molecule has 4 heterocycles. The summed E-state index contributed by atoms with van der Waals surface area (Å²) in [6.45, 7) is 2.04. The van der Waals surface area contributed by atoms with E-state index in [-0.39, 0.29) is 17.4 Å². The van der Waals surface area contributed by atoms with Gasteiger partial charge in [0.2, 0.25) is 23.7 Å². The van der Waals surface area contributed by atoms with Gasteiger partial charge in [0.15, 0.2) is 11.6 Å². The summed E-state index contributed by atoms with van der Waals surface area (Å²) in [6.07, 6.45) is -2.89. The molecule has 1 fully saturated rings. The first kappa shape index (κ1) is 22.6. The molecular formula is C21H21F2N9O3. The van der Waals surface area contributed by atoms with E-state index in [9.17, 15) is 8.78 Å². The Bertz CT molecular complexity index is 1330. The second-order valence-corrected chi connectivity index (χ2v) is 7.38. The van der Waals surface area contributed by atoms with Crippen molar-refractivity contribution < 1.29 is 23.0 Å². The van der Waals surface area contributed by atoms with Gasteiger partial charge < -0.3 is 24.4 Å². The summed E-state index contributed by atoms with van der Waals surface area (Å²) in [6, 6.07) is 8.23. The highest BCUT2D eigenvalue weighted by Gasteiger charge is 2.25. The van der Waals surface area contributed by atoms with Gasteiger partial charge in [0.25, 0.3) is 6.43 Å². The molecule has 1 N–H and O–H groups in total. The van der Waals surface area contributed by atoms with Gasteiger partial charge in [-0.2, -0.15) is 15.0 Å². The Hall–Kier alpha value is -4.20. The monoisotopic (exact) mass is 485 g/mol. The fourth-order valence-corrected chi connectivity index (χ4v) is 3.64. The number of para-hydroxylation sites is 1. The first-order valence-electron chi connectivity index (χ1n) is 10.6. The molecule has 1 aliphatic heterocycles. The highest BCUT2D eigenvalue weighted by Crippen LogP contribution is 2.32. The van der Waals surface area contributed by atoms with Crippen molar-refractivity contribution in [1.82, 2.24) is 34.7 Å². The molecule has 0 saturated carbocycles. The molecule has 14 heteroatoms. The molecule has 0 bridgehead atoms. The summed E-state index contributed by atoms with van der Waals surface area (Å²) >= 11 is 0. The Morgan fingerprint density at radius 3 is 2.43 bits per heavy atom. The minimum absolute atomic E-state index is 0.0310. The molecule has 182 valence electrons. The van der Waals surface area contributed by atoms with E-state index < -0.39 is 12.2 Å². The molecule has 35 heavy (non-hydrogen) atoms. The van der Waals surface area contributed by atoms with E-state index in [0.29, 0.717) is 55.2 Å². The summed E-state index contributed by atoms with van der Waals surface area (Å²) < 4.78 is 45.2. The third kappa shape index (κ3) is 4.47. The molecule has 5 rings (SSSR count). The van der Waals surface area contributed by atoms with E-state index in [4.69, 9.17) is 14.2 Å². The van der Waals surface area contributed by atoms with Gasteiger partial charge in [-0.15, -0.1) is 10.2 Å². The van der Waals surface area contributed by atoms with Crippen molar-refractivity contribution >= 4 is 28.7 Å². The van der Waals surface area contributed by atoms with Crippen LogP contribution in [0.1, 0.15) is 12.2 Å². The van der Waals surface area contributed by atoms with Gasteiger partial charge in [0, 0.05) is 19.2 Å². The molecule has 0 atom stereocenters. The van der Waals surface area contributed by atoms with Gasteiger partial charge in [0.1, 0.15) is 11.3 Å². The van der Waals surface area contributed by atoms with Crippen LogP contribution in [0.3, 0.4) is 0 Å². The number of morpholine rings is 1. The number of ether oxygens (including phenoxy) is 3. The van der Waals surface area contributed by atoms with Crippen LogP contribution in [-0.2, 0) is 4.74 Å². The number of nitrogens with one attached hydrogen (secondary N) is 1. The van der Waals surface area contributed by atoms with Crippen LogP contribution in [0.5, 0.6) is 11.6 Å². The van der Waals surface area contributed by atoms with E-state index in [1.54, 1.807) is 30.3 Å². The largest absolute Gasteiger partial charge is 0.494 e. The lowest BCUT2D eigenvalue weighted by Crippen LogP contribution is -2.37. The molecule has 4 aromatic rings. The van der Waals surface area contributed by atoms with E-state index in [0.717, 1.165) is 0 Å². The number of imidazole rings is 1. The van der Waals surface area contributed by atoms with Crippen LogP contribution < -0.4 is 19.7 Å². The van der Waals surface area contributed by atoms with Crippen molar-refractivity contribution in [3.05, 3.63) is 36.2 Å². The molecule has 1 aliphatic rings. The standard InChI is InChI=1S/C21H21F2N9O3/c1-33-13-5-3-4-12-16(13)25-18(17(22)23)32(12)21-27-19(24-14-6-7-15(34-2)30-29-14)26-20(28-21)31-8-10-35-11-9-31/h3-7,17H,8-11H2,1-2H3,(H,24,26,27,28,29). The van der Waals surface area contributed by atoms with Crippen molar-refractivity contribution in [1.29, 1.82) is 0 Å². The number of hydrogen-bond acceptors (Lipinski definition) is 11. The molecule has 0 radical (unpaired) electrons. The molecule has 1 saturated heterocycles. The minimum Gasteiger partial charge on any atom is -0.494 e. The molecule has 0 amide bonds. The zero-order valence-electron chi connectivity index (χ0n) is 18.9.